The minimum absolute atomic E-state index is 0.180. The van der Waals surface area contributed by atoms with E-state index in [1.165, 1.54) is 0 Å². The number of benzene rings is 1. The average Bonchev–Trinajstić information content (AvgIpc) is 2.21. The monoisotopic (exact) mass is 275 g/mol. The zero-order valence-electron chi connectivity index (χ0n) is 10.4. The molecule has 1 aromatic rings. The van der Waals surface area contributed by atoms with Crippen molar-refractivity contribution in [3.05, 3.63) is 33.8 Å². The summed E-state index contributed by atoms with van der Waals surface area (Å²) in [5.41, 5.74) is 5.20. The van der Waals surface area contributed by atoms with Crippen LogP contribution in [-0.4, -0.2) is 17.3 Å². The van der Waals surface area contributed by atoms with E-state index in [0.717, 1.165) is 5.56 Å². The molecule has 3 N–H and O–H groups in total. The van der Waals surface area contributed by atoms with E-state index in [1.807, 2.05) is 20.8 Å². The highest BCUT2D eigenvalue weighted by Gasteiger charge is 2.39. The van der Waals surface area contributed by atoms with Crippen LogP contribution in [0.1, 0.15) is 26.3 Å². The van der Waals surface area contributed by atoms with Crippen LogP contribution in [0.25, 0.3) is 0 Å². The molecule has 1 rings (SSSR count). The van der Waals surface area contributed by atoms with Gasteiger partial charge in [-0.05, 0) is 29.2 Å². The third kappa shape index (κ3) is 3.35. The van der Waals surface area contributed by atoms with Crippen LogP contribution in [0, 0.1) is 5.41 Å². The highest BCUT2D eigenvalue weighted by molar-refractivity contribution is 6.33. The molecule has 1 aromatic carbocycles. The zero-order chi connectivity index (χ0) is 13.3. The Balaban J connectivity index is 3.07. The second-order valence-electron chi connectivity index (χ2n) is 5.40. The lowest BCUT2D eigenvalue weighted by Gasteiger charge is -2.39. The molecule has 2 nitrogen and oxygen atoms in total. The quantitative estimate of drug-likeness (QED) is 0.890. The minimum Gasteiger partial charge on any atom is -0.388 e. The Morgan fingerprint density at radius 2 is 1.82 bits per heavy atom. The Hall–Kier alpha value is -0.280. The van der Waals surface area contributed by atoms with Crippen molar-refractivity contribution in [2.75, 3.05) is 6.54 Å². The Morgan fingerprint density at radius 3 is 2.29 bits per heavy atom. The van der Waals surface area contributed by atoms with Crippen LogP contribution in [0.2, 0.25) is 10.0 Å². The van der Waals surface area contributed by atoms with E-state index in [2.05, 4.69) is 0 Å². The molecule has 0 saturated carbocycles. The van der Waals surface area contributed by atoms with E-state index in [1.54, 1.807) is 18.2 Å². The number of aliphatic hydroxyl groups is 1. The third-order valence-corrected chi connectivity index (χ3v) is 3.83. The molecular weight excluding hydrogens is 257 g/mol. The van der Waals surface area contributed by atoms with Gasteiger partial charge in [0.05, 0.1) is 5.60 Å². The second kappa shape index (κ2) is 5.15. The maximum absolute atomic E-state index is 10.6. The van der Waals surface area contributed by atoms with Crippen molar-refractivity contribution < 1.29 is 5.11 Å². The smallest absolute Gasteiger partial charge is 0.0857 e. The van der Waals surface area contributed by atoms with Gasteiger partial charge in [-0.1, -0.05) is 44.0 Å². The third-order valence-electron chi connectivity index (χ3n) is 3.22. The highest BCUT2D eigenvalue weighted by Crippen LogP contribution is 2.34. The minimum atomic E-state index is -0.999. The summed E-state index contributed by atoms with van der Waals surface area (Å²) >= 11 is 12.0. The van der Waals surface area contributed by atoms with Crippen molar-refractivity contribution >= 4 is 23.2 Å². The van der Waals surface area contributed by atoms with Crippen molar-refractivity contribution in [3.63, 3.8) is 0 Å². The number of rotatable bonds is 3. The molecule has 0 fully saturated rings. The van der Waals surface area contributed by atoms with Gasteiger partial charge in [-0.25, -0.2) is 0 Å². The lowest BCUT2D eigenvalue weighted by molar-refractivity contribution is -0.0490. The summed E-state index contributed by atoms with van der Waals surface area (Å²) in [7, 11) is 0. The van der Waals surface area contributed by atoms with E-state index < -0.39 is 5.60 Å². The normalized spacial score (nSPS) is 15.7. The first-order chi connectivity index (χ1) is 7.69. The number of hydrogen-bond acceptors (Lipinski definition) is 2. The molecule has 0 saturated heterocycles. The van der Waals surface area contributed by atoms with Gasteiger partial charge in [0.15, 0.2) is 0 Å². The van der Waals surface area contributed by atoms with Gasteiger partial charge in [-0.2, -0.15) is 0 Å². The fraction of sp³-hybridized carbons (Fsp3) is 0.538. The SMILES string of the molecule is CC(C)(C)C(O)(CN)Cc1cc(Cl)ccc1Cl. The van der Waals surface area contributed by atoms with Gasteiger partial charge in [0.25, 0.3) is 0 Å². The van der Waals surface area contributed by atoms with Crippen LogP contribution in [0.15, 0.2) is 18.2 Å². The van der Waals surface area contributed by atoms with Crippen molar-refractivity contribution in [1.82, 2.24) is 0 Å². The first-order valence-electron chi connectivity index (χ1n) is 5.56. The van der Waals surface area contributed by atoms with E-state index in [9.17, 15) is 5.11 Å². The summed E-state index contributed by atoms with van der Waals surface area (Å²) in [5.74, 6) is 0. The average molecular weight is 276 g/mol. The van der Waals surface area contributed by atoms with Crippen LogP contribution in [-0.2, 0) is 6.42 Å². The molecule has 0 radical (unpaired) electrons. The maximum Gasteiger partial charge on any atom is 0.0857 e. The van der Waals surface area contributed by atoms with Crippen molar-refractivity contribution in [2.24, 2.45) is 11.1 Å². The molecule has 0 bridgehead atoms. The molecule has 4 heteroatoms. The van der Waals surface area contributed by atoms with Crippen LogP contribution in [0.5, 0.6) is 0 Å². The molecule has 0 heterocycles. The van der Waals surface area contributed by atoms with Crippen molar-refractivity contribution in [1.29, 1.82) is 0 Å². The second-order valence-corrected chi connectivity index (χ2v) is 6.24. The van der Waals surface area contributed by atoms with Gasteiger partial charge in [-0.3, -0.25) is 0 Å². The first-order valence-corrected chi connectivity index (χ1v) is 6.31. The van der Waals surface area contributed by atoms with Gasteiger partial charge in [0.1, 0.15) is 0 Å². The van der Waals surface area contributed by atoms with Crippen LogP contribution < -0.4 is 5.73 Å². The van der Waals surface area contributed by atoms with E-state index >= 15 is 0 Å². The number of halogens is 2. The first kappa shape index (κ1) is 14.8. The summed E-state index contributed by atoms with van der Waals surface area (Å²) in [4.78, 5) is 0. The molecule has 0 aromatic heterocycles. The van der Waals surface area contributed by atoms with Crippen LogP contribution in [0.3, 0.4) is 0 Å². The molecule has 17 heavy (non-hydrogen) atoms. The molecule has 0 aliphatic rings. The molecule has 1 unspecified atom stereocenters. The van der Waals surface area contributed by atoms with E-state index in [4.69, 9.17) is 28.9 Å². The Morgan fingerprint density at radius 1 is 1.24 bits per heavy atom. The Labute approximate surface area is 113 Å². The van der Waals surface area contributed by atoms with Crippen molar-refractivity contribution in [3.8, 4) is 0 Å². The molecule has 0 aliphatic carbocycles. The summed E-state index contributed by atoms with van der Waals surface area (Å²) < 4.78 is 0. The fourth-order valence-corrected chi connectivity index (χ4v) is 2.02. The summed E-state index contributed by atoms with van der Waals surface area (Å²) in [5, 5.41) is 11.8. The molecule has 0 amide bonds. The number of hydrogen-bond donors (Lipinski definition) is 2. The van der Waals surface area contributed by atoms with Gasteiger partial charge in [0.2, 0.25) is 0 Å². The molecule has 0 aliphatic heterocycles. The molecular formula is C13H19Cl2NO. The van der Waals surface area contributed by atoms with Crippen molar-refractivity contribution in [2.45, 2.75) is 32.8 Å². The summed E-state index contributed by atoms with van der Waals surface area (Å²) in [6.07, 6.45) is 0.395. The van der Waals surface area contributed by atoms with E-state index in [-0.39, 0.29) is 12.0 Å². The predicted molar refractivity (Wildman–Crippen MR) is 73.6 cm³/mol. The topological polar surface area (TPSA) is 46.2 Å². The summed E-state index contributed by atoms with van der Waals surface area (Å²) in [6.45, 7) is 6.05. The van der Waals surface area contributed by atoms with Gasteiger partial charge < -0.3 is 10.8 Å². The fourth-order valence-electron chi connectivity index (χ4n) is 1.64. The molecule has 0 spiro atoms. The van der Waals surface area contributed by atoms with Crippen LogP contribution in [0.4, 0.5) is 0 Å². The van der Waals surface area contributed by atoms with Gasteiger partial charge in [-0.15, -0.1) is 0 Å². The maximum atomic E-state index is 10.6. The standard InChI is InChI=1S/C13H19Cl2NO/c1-12(2,3)13(17,8-16)7-9-6-10(14)4-5-11(9)15/h4-6,17H,7-8,16H2,1-3H3. The molecule has 1 atom stereocenters. The van der Waals surface area contributed by atoms with Gasteiger partial charge in [0, 0.05) is 23.0 Å². The lowest BCUT2D eigenvalue weighted by Crippen LogP contribution is -2.50. The number of nitrogens with two attached hydrogens (primary N) is 1. The highest BCUT2D eigenvalue weighted by atomic mass is 35.5. The van der Waals surface area contributed by atoms with Crippen LogP contribution >= 0.6 is 23.2 Å². The zero-order valence-corrected chi connectivity index (χ0v) is 11.9. The Kier molecular flexibility index (Phi) is 4.48. The Bertz CT molecular complexity index is 401. The predicted octanol–water partition coefficient (Wildman–Crippen LogP) is 3.27. The van der Waals surface area contributed by atoms with Gasteiger partial charge >= 0.3 is 0 Å². The van der Waals surface area contributed by atoms with E-state index in [0.29, 0.717) is 16.5 Å². The molecule has 96 valence electrons. The lowest BCUT2D eigenvalue weighted by atomic mass is 9.73. The largest absolute Gasteiger partial charge is 0.388 e. The summed E-state index contributed by atoms with van der Waals surface area (Å²) in [6, 6.07) is 5.24.